The lowest BCUT2D eigenvalue weighted by molar-refractivity contribution is -0.385. The van der Waals surface area contributed by atoms with Crippen molar-refractivity contribution in [2.24, 2.45) is 0 Å². The van der Waals surface area contributed by atoms with E-state index >= 15 is 0 Å². The zero-order valence-electron chi connectivity index (χ0n) is 18.3. The van der Waals surface area contributed by atoms with Gasteiger partial charge in [0, 0.05) is 24.3 Å². The minimum Gasteiger partial charge on any atom is -0.431 e. The monoisotopic (exact) mass is 444 g/mol. The normalized spacial score (nSPS) is 12.6. The summed E-state index contributed by atoms with van der Waals surface area (Å²) in [6, 6.07) is 12.7. The zero-order valence-corrected chi connectivity index (χ0v) is 18.3. The highest BCUT2D eigenvalue weighted by molar-refractivity contribution is 5.60. The molecule has 0 aromatic heterocycles. The SMILES string of the molecule is CCC(CCc1ccc([N+](=O)[O-])cc1)OC(=O)OC(CC)CCc1ccc([N+](=O)[O-])cc1. The molecule has 0 spiro atoms. The molecule has 0 amide bonds. The molecule has 0 aliphatic rings. The summed E-state index contributed by atoms with van der Waals surface area (Å²) in [5.74, 6) is 0. The summed E-state index contributed by atoms with van der Waals surface area (Å²) in [7, 11) is 0. The van der Waals surface area contributed by atoms with Crippen molar-refractivity contribution in [3.8, 4) is 0 Å². The smallest absolute Gasteiger partial charge is 0.431 e. The molecule has 2 aromatic carbocycles. The lowest BCUT2D eigenvalue weighted by Crippen LogP contribution is -2.24. The van der Waals surface area contributed by atoms with Crippen molar-refractivity contribution in [3.63, 3.8) is 0 Å². The van der Waals surface area contributed by atoms with E-state index in [1.54, 1.807) is 24.3 Å². The van der Waals surface area contributed by atoms with Crippen LogP contribution in [-0.4, -0.2) is 28.2 Å². The summed E-state index contributed by atoms with van der Waals surface area (Å²) in [4.78, 5) is 32.8. The first-order chi connectivity index (χ1) is 15.3. The highest BCUT2D eigenvalue weighted by Crippen LogP contribution is 2.18. The third-order valence-electron chi connectivity index (χ3n) is 5.24. The first kappa shape index (κ1) is 24.8. The maximum atomic E-state index is 12.2. The van der Waals surface area contributed by atoms with Gasteiger partial charge in [0.2, 0.25) is 0 Å². The Hall–Kier alpha value is -3.49. The molecule has 0 N–H and O–H groups in total. The number of benzene rings is 2. The Kier molecular flexibility index (Phi) is 9.59. The quantitative estimate of drug-likeness (QED) is 0.231. The number of nitrogens with zero attached hydrogens (tertiary/aromatic N) is 2. The van der Waals surface area contributed by atoms with E-state index in [0.29, 0.717) is 38.5 Å². The topological polar surface area (TPSA) is 122 Å². The Morgan fingerprint density at radius 1 is 0.750 bits per heavy atom. The van der Waals surface area contributed by atoms with E-state index in [1.165, 1.54) is 24.3 Å². The minimum absolute atomic E-state index is 0.0416. The molecular weight excluding hydrogens is 416 g/mol. The van der Waals surface area contributed by atoms with Crippen LogP contribution in [0.25, 0.3) is 0 Å². The molecule has 2 atom stereocenters. The Balaban J connectivity index is 1.79. The van der Waals surface area contributed by atoms with E-state index in [2.05, 4.69) is 0 Å². The fourth-order valence-electron chi connectivity index (χ4n) is 3.22. The van der Waals surface area contributed by atoms with Gasteiger partial charge in [0.25, 0.3) is 11.4 Å². The number of ether oxygens (including phenoxy) is 2. The van der Waals surface area contributed by atoms with Gasteiger partial charge in [0.05, 0.1) is 9.85 Å². The van der Waals surface area contributed by atoms with Crippen molar-refractivity contribution in [3.05, 3.63) is 79.9 Å². The molecule has 9 nitrogen and oxygen atoms in total. The molecule has 0 saturated heterocycles. The largest absolute Gasteiger partial charge is 0.508 e. The molecule has 172 valence electrons. The number of carbonyl (C=O) groups is 1. The van der Waals surface area contributed by atoms with Crippen LogP contribution < -0.4 is 0 Å². The number of nitro groups is 2. The van der Waals surface area contributed by atoms with Gasteiger partial charge in [-0.1, -0.05) is 38.1 Å². The first-order valence-electron chi connectivity index (χ1n) is 10.7. The highest BCUT2D eigenvalue weighted by Gasteiger charge is 2.18. The highest BCUT2D eigenvalue weighted by atomic mass is 16.7. The molecule has 0 aliphatic heterocycles. The van der Waals surface area contributed by atoms with Crippen LogP contribution >= 0.6 is 0 Å². The number of carbonyl (C=O) groups excluding carboxylic acids is 1. The van der Waals surface area contributed by atoms with Crippen molar-refractivity contribution in [1.82, 2.24) is 0 Å². The average molecular weight is 444 g/mol. The van der Waals surface area contributed by atoms with Gasteiger partial charge < -0.3 is 9.47 Å². The van der Waals surface area contributed by atoms with Gasteiger partial charge in [0.1, 0.15) is 12.2 Å². The summed E-state index contributed by atoms with van der Waals surface area (Å²) in [5, 5.41) is 21.5. The molecular formula is C23H28N2O7. The molecule has 0 saturated carbocycles. The van der Waals surface area contributed by atoms with Gasteiger partial charge >= 0.3 is 6.16 Å². The summed E-state index contributed by atoms with van der Waals surface area (Å²) >= 11 is 0. The molecule has 0 heterocycles. The van der Waals surface area contributed by atoms with Crippen LogP contribution in [0.3, 0.4) is 0 Å². The van der Waals surface area contributed by atoms with Gasteiger partial charge in [-0.05, 0) is 49.7 Å². The van der Waals surface area contributed by atoms with E-state index in [9.17, 15) is 25.0 Å². The minimum atomic E-state index is -0.712. The summed E-state index contributed by atoms with van der Waals surface area (Å²) in [6.45, 7) is 3.83. The van der Waals surface area contributed by atoms with Crippen LogP contribution in [0.1, 0.15) is 50.7 Å². The Morgan fingerprint density at radius 3 is 1.38 bits per heavy atom. The second-order valence-electron chi connectivity index (χ2n) is 7.47. The summed E-state index contributed by atoms with van der Waals surface area (Å²) in [5.41, 5.74) is 1.95. The van der Waals surface area contributed by atoms with Crippen molar-refractivity contribution in [2.45, 2.75) is 64.6 Å². The summed E-state index contributed by atoms with van der Waals surface area (Å²) < 4.78 is 10.9. The molecule has 2 aromatic rings. The van der Waals surface area contributed by atoms with Crippen LogP contribution in [0.2, 0.25) is 0 Å². The van der Waals surface area contributed by atoms with Gasteiger partial charge in [-0.2, -0.15) is 0 Å². The molecule has 2 rings (SSSR count). The van der Waals surface area contributed by atoms with Crippen LogP contribution in [0.4, 0.5) is 16.2 Å². The average Bonchev–Trinajstić information content (AvgIpc) is 2.79. The molecule has 9 heteroatoms. The third-order valence-corrected chi connectivity index (χ3v) is 5.24. The number of nitro benzene ring substituents is 2. The molecule has 0 bridgehead atoms. The number of hydrogen-bond acceptors (Lipinski definition) is 7. The van der Waals surface area contributed by atoms with E-state index in [-0.39, 0.29) is 23.6 Å². The fourth-order valence-corrected chi connectivity index (χ4v) is 3.22. The summed E-state index contributed by atoms with van der Waals surface area (Å²) in [6.07, 6.45) is 2.34. The van der Waals surface area contributed by atoms with Crippen LogP contribution in [0.15, 0.2) is 48.5 Å². The maximum absolute atomic E-state index is 12.2. The second-order valence-corrected chi connectivity index (χ2v) is 7.47. The van der Waals surface area contributed by atoms with E-state index < -0.39 is 16.0 Å². The van der Waals surface area contributed by atoms with Crippen molar-refractivity contribution in [2.75, 3.05) is 0 Å². The molecule has 0 aliphatic carbocycles. The number of rotatable bonds is 12. The fraction of sp³-hybridized carbons (Fsp3) is 0.435. The van der Waals surface area contributed by atoms with Crippen molar-refractivity contribution in [1.29, 1.82) is 0 Å². The third kappa shape index (κ3) is 7.98. The lowest BCUT2D eigenvalue weighted by atomic mass is 10.0. The predicted molar refractivity (Wildman–Crippen MR) is 119 cm³/mol. The van der Waals surface area contributed by atoms with Crippen molar-refractivity contribution < 1.29 is 24.1 Å². The van der Waals surface area contributed by atoms with Crippen LogP contribution in [0, 0.1) is 20.2 Å². The lowest BCUT2D eigenvalue weighted by Gasteiger charge is -2.20. The molecule has 2 unspecified atom stereocenters. The van der Waals surface area contributed by atoms with E-state index in [0.717, 1.165) is 11.1 Å². The second kappa shape index (κ2) is 12.4. The zero-order chi connectivity index (χ0) is 23.5. The van der Waals surface area contributed by atoms with Crippen molar-refractivity contribution >= 4 is 17.5 Å². The van der Waals surface area contributed by atoms with Gasteiger partial charge in [-0.3, -0.25) is 20.2 Å². The molecule has 0 radical (unpaired) electrons. The molecule has 32 heavy (non-hydrogen) atoms. The Labute approximate surface area is 186 Å². The van der Waals surface area contributed by atoms with Gasteiger partial charge in [0.15, 0.2) is 0 Å². The van der Waals surface area contributed by atoms with Gasteiger partial charge in [-0.15, -0.1) is 0 Å². The maximum Gasteiger partial charge on any atom is 0.508 e. The standard InChI is InChI=1S/C23H28N2O7/c1-3-21(15-9-17-5-11-19(12-6-17)24(27)28)31-23(26)32-22(4-2)16-10-18-7-13-20(14-8-18)25(29)30/h5-8,11-14,21-22H,3-4,9-10,15-16H2,1-2H3. The van der Waals surface area contributed by atoms with Crippen LogP contribution in [0.5, 0.6) is 0 Å². The van der Waals surface area contributed by atoms with E-state index in [1.807, 2.05) is 13.8 Å². The number of hydrogen-bond donors (Lipinski definition) is 0. The number of aryl methyl sites for hydroxylation is 2. The van der Waals surface area contributed by atoms with E-state index in [4.69, 9.17) is 9.47 Å². The molecule has 0 fully saturated rings. The Morgan fingerprint density at radius 2 is 1.09 bits per heavy atom. The van der Waals surface area contributed by atoms with Crippen LogP contribution in [-0.2, 0) is 22.3 Å². The van der Waals surface area contributed by atoms with Gasteiger partial charge in [-0.25, -0.2) is 4.79 Å². The number of non-ortho nitro benzene ring substituents is 2. The first-order valence-corrected chi connectivity index (χ1v) is 10.7. The Bertz CT molecular complexity index is 824. The predicted octanol–water partition coefficient (Wildman–Crippen LogP) is 5.78.